The minimum absolute atomic E-state index is 0.337. The molecule has 3 rings (SSSR count). The predicted octanol–water partition coefficient (Wildman–Crippen LogP) is 1.18. The number of piperidine rings is 1. The molecule has 16 heavy (non-hydrogen) atoms. The zero-order valence-electron chi connectivity index (χ0n) is 9.52. The first kappa shape index (κ1) is 10.3. The summed E-state index contributed by atoms with van der Waals surface area (Å²) in [7, 11) is 0. The molecule has 2 N–H and O–H groups in total. The Labute approximate surface area is 95.7 Å². The van der Waals surface area contributed by atoms with Crippen LogP contribution >= 0.6 is 0 Å². The van der Waals surface area contributed by atoms with Crippen molar-refractivity contribution in [2.75, 3.05) is 13.1 Å². The van der Waals surface area contributed by atoms with Crippen LogP contribution in [-0.2, 0) is 6.42 Å². The van der Waals surface area contributed by atoms with Gasteiger partial charge in [0, 0.05) is 17.8 Å². The van der Waals surface area contributed by atoms with Crippen LogP contribution in [0.4, 0.5) is 0 Å². The number of nitrogens with one attached hydrogen (secondary N) is 1. The number of hydrogen-bond acceptors (Lipinski definition) is 3. The first-order chi connectivity index (χ1) is 7.86. The minimum Gasteiger partial charge on any atom is -0.373 e. The summed E-state index contributed by atoms with van der Waals surface area (Å²) in [4.78, 5) is 4.55. The van der Waals surface area contributed by atoms with Crippen molar-refractivity contribution in [2.45, 2.75) is 44.2 Å². The highest BCUT2D eigenvalue weighted by atomic mass is 16.3. The van der Waals surface area contributed by atoms with Crippen molar-refractivity contribution in [3.8, 4) is 0 Å². The second-order valence-electron chi connectivity index (χ2n) is 4.87. The molecule has 1 aromatic heterocycles. The van der Waals surface area contributed by atoms with Gasteiger partial charge in [0.15, 0.2) is 0 Å². The maximum atomic E-state index is 10.1. The summed E-state index contributed by atoms with van der Waals surface area (Å²) in [6.07, 6.45) is 6.93. The van der Waals surface area contributed by atoms with E-state index in [9.17, 15) is 5.11 Å². The molecule has 1 unspecified atom stereocenters. The first-order valence-electron chi connectivity index (χ1n) is 6.31. The van der Waals surface area contributed by atoms with E-state index in [-0.39, 0.29) is 6.23 Å². The van der Waals surface area contributed by atoms with Gasteiger partial charge in [-0.15, -0.1) is 0 Å². The van der Waals surface area contributed by atoms with Gasteiger partial charge in [0.2, 0.25) is 0 Å². The molecule has 0 saturated carbocycles. The smallest absolute Gasteiger partial charge is 0.132 e. The van der Waals surface area contributed by atoms with Gasteiger partial charge in [0.05, 0.1) is 0 Å². The highest BCUT2D eigenvalue weighted by Crippen LogP contribution is 2.31. The molecule has 2 aliphatic rings. The second-order valence-corrected chi connectivity index (χ2v) is 4.87. The van der Waals surface area contributed by atoms with E-state index in [1.165, 1.54) is 5.69 Å². The molecule has 0 radical (unpaired) electrons. The van der Waals surface area contributed by atoms with Gasteiger partial charge in [0.1, 0.15) is 12.1 Å². The van der Waals surface area contributed by atoms with E-state index in [0.717, 1.165) is 51.0 Å². The number of aliphatic hydroxyl groups is 1. The summed E-state index contributed by atoms with van der Waals surface area (Å²) in [5.74, 6) is 1.64. The van der Waals surface area contributed by atoms with Crippen molar-refractivity contribution in [1.82, 2.24) is 14.9 Å². The van der Waals surface area contributed by atoms with Crippen LogP contribution < -0.4 is 5.32 Å². The fourth-order valence-corrected chi connectivity index (χ4v) is 2.92. The van der Waals surface area contributed by atoms with Crippen molar-refractivity contribution < 1.29 is 5.11 Å². The van der Waals surface area contributed by atoms with E-state index in [4.69, 9.17) is 0 Å². The third kappa shape index (κ3) is 1.66. The van der Waals surface area contributed by atoms with E-state index < -0.39 is 0 Å². The van der Waals surface area contributed by atoms with E-state index >= 15 is 0 Å². The van der Waals surface area contributed by atoms with Gasteiger partial charge < -0.3 is 15.0 Å². The Morgan fingerprint density at radius 3 is 2.94 bits per heavy atom. The lowest BCUT2D eigenvalue weighted by molar-refractivity contribution is 0.0738. The van der Waals surface area contributed by atoms with Gasteiger partial charge in [-0.25, -0.2) is 4.98 Å². The van der Waals surface area contributed by atoms with Crippen LogP contribution in [0.15, 0.2) is 6.20 Å². The number of rotatable bonds is 1. The van der Waals surface area contributed by atoms with Crippen LogP contribution in [0, 0.1) is 0 Å². The lowest BCUT2D eigenvalue weighted by Crippen LogP contribution is -2.29. The maximum absolute atomic E-state index is 10.1. The Hall–Kier alpha value is -0.870. The third-order valence-corrected chi connectivity index (χ3v) is 3.80. The topological polar surface area (TPSA) is 50.1 Å². The molecular weight excluding hydrogens is 202 g/mol. The monoisotopic (exact) mass is 221 g/mol. The number of imidazole rings is 1. The van der Waals surface area contributed by atoms with Gasteiger partial charge in [-0.1, -0.05) is 0 Å². The minimum atomic E-state index is -0.337. The largest absolute Gasteiger partial charge is 0.373 e. The molecule has 0 amide bonds. The normalized spacial score (nSPS) is 26.7. The standard InChI is InChI=1S/C12H19N3O/c16-11-3-1-2-10-8-14-12(15(10)11)9-4-6-13-7-5-9/h8-9,11,13,16H,1-7H2. The molecule has 4 heteroatoms. The second kappa shape index (κ2) is 4.18. The molecular formula is C12H19N3O. The molecule has 1 fully saturated rings. The quantitative estimate of drug-likeness (QED) is 0.748. The Kier molecular flexibility index (Phi) is 2.69. The molecule has 0 aromatic carbocycles. The Morgan fingerprint density at radius 2 is 2.12 bits per heavy atom. The molecule has 88 valence electrons. The lowest BCUT2D eigenvalue weighted by Gasteiger charge is -2.28. The fraction of sp³-hybridized carbons (Fsp3) is 0.750. The summed E-state index contributed by atoms with van der Waals surface area (Å²) in [5.41, 5.74) is 1.22. The molecule has 4 nitrogen and oxygen atoms in total. The van der Waals surface area contributed by atoms with Gasteiger partial charge >= 0.3 is 0 Å². The highest BCUT2D eigenvalue weighted by Gasteiger charge is 2.26. The predicted molar refractivity (Wildman–Crippen MR) is 61.3 cm³/mol. The van der Waals surface area contributed by atoms with Crippen LogP contribution in [-0.4, -0.2) is 27.7 Å². The average molecular weight is 221 g/mol. The number of aromatic nitrogens is 2. The van der Waals surface area contributed by atoms with E-state index in [1.54, 1.807) is 0 Å². The zero-order chi connectivity index (χ0) is 11.0. The number of aryl methyl sites for hydroxylation is 1. The first-order valence-corrected chi connectivity index (χ1v) is 6.31. The molecule has 1 aromatic rings. The maximum Gasteiger partial charge on any atom is 0.132 e. The van der Waals surface area contributed by atoms with Gasteiger partial charge in [-0.2, -0.15) is 0 Å². The van der Waals surface area contributed by atoms with Crippen LogP contribution in [0.1, 0.15) is 49.3 Å². The number of aliphatic hydroxyl groups excluding tert-OH is 1. The van der Waals surface area contributed by atoms with Crippen molar-refractivity contribution >= 4 is 0 Å². The fourth-order valence-electron chi connectivity index (χ4n) is 2.92. The molecule has 1 atom stereocenters. The molecule has 1 saturated heterocycles. The van der Waals surface area contributed by atoms with Crippen molar-refractivity contribution in [2.24, 2.45) is 0 Å². The van der Waals surface area contributed by atoms with E-state index in [1.807, 2.05) is 6.20 Å². The molecule has 3 heterocycles. The summed E-state index contributed by atoms with van der Waals surface area (Å²) in [5, 5.41) is 13.4. The highest BCUT2D eigenvalue weighted by molar-refractivity contribution is 5.13. The molecule has 2 aliphatic heterocycles. The average Bonchev–Trinajstić information content (AvgIpc) is 2.75. The van der Waals surface area contributed by atoms with Gasteiger partial charge in [-0.3, -0.25) is 0 Å². The Bertz CT molecular complexity index is 368. The zero-order valence-corrected chi connectivity index (χ0v) is 9.52. The Morgan fingerprint density at radius 1 is 1.31 bits per heavy atom. The number of nitrogens with zero attached hydrogens (tertiary/aromatic N) is 2. The SMILES string of the molecule is OC1CCCc2cnc(C3CCNCC3)n21. The van der Waals surface area contributed by atoms with Crippen LogP contribution in [0.3, 0.4) is 0 Å². The van der Waals surface area contributed by atoms with Crippen LogP contribution in [0.5, 0.6) is 0 Å². The van der Waals surface area contributed by atoms with Crippen LogP contribution in [0.25, 0.3) is 0 Å². The molecule has 0 bridgehead atoms. The van der Waals surface area contributed by atoms with Gasteiger partial charge in [-0.05, 0) is 45.2 Å². The van der Waals surface area contributed by atoms with Crippen LogP contribution in [0.2, 0.25) is 0 Å². The summed E-state index contributed by atoms with van der Waals surface area (Å²) < 4.78 is 2.08. The summed E-state index contributed by atoms with van der Waals surface area (Å²) >= 11 is 0. The molecule has 0 aliphatic carbocycles. The van der Waals surface area contributed by atoms with Crippen molar-refractivity contribution in [3.05, 3.63) is 17.7 Å². The van der Waals surface area contributed by atoms with E-state index in [2.05, 4.69) is 14.9 Å². The number of hydrogen-bond donors (Lipinski definition) is 2. The lowest BCUT2D eigenvalue weighted by atomic mass is 9.96. The van der Waals surface area contributed by atoms with Crippen molar-refractivity contribution in [3.63, 3.8) is 0 Å². The van der Waals surface area contributed by atoms with Crippen molar-refractivity contribution in [1.29, 1.82) is 0 Å². The third-order valence-electron chi connectivity index (χ3n) is 3.80. The summed E-state index contributed by atoms with van der Waals surface area (Å²) in [6, 6.07) is 0. The Balaban J connectivity index is 1.91. The number of fused-ring (bicyclic) bond motifs is 1. The molecule has 0 spiro atoms. The van der Waals surface area contributed by atoms with Gasteiger partial charge in [0.25, 0.3) is 0 Å². The summed E-state index contributed by atoms with van der Waals surface area (Å²) in [6.45, 7) is 2.14. The van der Waals surface area contributed by atoms with E-state index in [0.29, 0.717) is 5.92 Å².